The van der Waals surface area contributed by atoms with Crippen molar-refractivity contribution in [3.8, 4) is 0 Å². The molecule has 0 unspecified atom stereocenters. The highest BCUT2D eigenvalue weighted by molar-refractivity contribution is 7.12. The van der Waals surface area contributed by atoms with Crippen molar-refractivity contribution in [1.29, 1.82) is 0 Å². The van der Waals surface area contributed by atoms with E-state index in [1.165, 1.54) is 11.3 Å². The molecule has 1 aliphatic carbocycles. The summed E-state index contributed by atoms with van der Waals surface area (Å²) >= 11 is 1.48. The predicted octanol–water partition coefficient (Wildman–Crippen LogP) is 2.76. The zero-order valence-corrected chi connectivity index (χ0v) is 14.8. The maximum Gasteiger partial charge on any atom is 0.261 e. The van der Waals surface area contributed by atoms with Crippen LogP contribution in [-0.4, -0.2) is 42.1 Å². The second kappa shape index (κ2) is 7.61. The fraction of sp³-hybridized carbons (Fsp3) is 0.471. The molecule has 6 nitrogen and oxygen atoms in total. The van der Waals surface area contributed by atoms with Crippen molar-refractivity contribution in [2.24, 2.45) is 0 Å². The molecule has 0 bridgehead atoms. The second-order valence-electron chi connectivity index (χ2n) is 6.28. The van der Waals surface area contributed by atoms with Gasteiger partial charge in [-0.05, 0) is 43.2 Å². The summed E-state index contributed by atoms with van der Waals surface area (Å²) in [5.41, 5.74) is 0. The van der Waals surface area contributed by atoms with Crippen LogP contribution in [-0.2, 0) is 0 Å². The molecule has 0 radical (unpaired) electrons. The molecule has 2 aromatic heterocycles. The molecular weight excluding hydrogens is 322 g/mol. The summed E-state index contributed by atoms with van der Waals surface area (Å²) in [5, 5.41) is 8.48. The fourth-order valence-corrected chi connectivity index (χ4v) is 3.52. The van der Waals surface area contributed by atoms with Gasteiger partial charge in [-0.25, -0.2) is 4.98 Å². The van der Waals surface area contributed by atoms with Crippen LogP contribution < -0.4 is 15.5 Å². The van der Waals surface area contributed by atoms with Crippen LogP contribution in [0.1, 0.15) is 35.4 Å². The number of thiophene rings is 1. The van der Waals surface area contributed by atoms with Gasteiger partial charge >= 0.3 is 0 Å². The second-order valence-corrected chi connectivity index (χ2v) is 7.22. The Balaban J connectivity index is 1.48. The van der Waals surface area contributed by atoms with Gasteiger partial charge in [0, 0.05) is 32.4 Å². The van der Waals surface area contributed by atoms with E-state index >= 15 is 0 Å². The Labute approximate surface area is 146 Å². The third kappa shape index (κ3) is 4.23. The van der Waals surface area contributed by atoms with Crippen molar-refractivity contribution >= 4 is 29.0 Å². The van der Waals surface area contributed by atoms with Gasteiger partial charge in [0.25, 0.3) is 5.91 Å². The van der Waals surface area contributed by atoms with E-state index in [0.717, 1.165) is 36.4 Å². The summed E-state index contributed by atoms with van der Waals surface area (Å²) in [6.45, 7) is 0. The van der Waals surface area contributed by atoms with Crippen LogP contribution in [0.3, 0.4) is 0 Å². The minimum Gasteiger partial charge on any atom is -0.363 e. The number of nitrogens with one attached hydrogen (secondary N) is 2. The Morgan fingerprint density at radius 1 is 1.21 bits per heavy atom. The molecule has 2 N–H and O–H groups in total. The van der Waals surface area contributed by atoms with Gasteiger partial charge in [-0.1, -0.05) is 6.07 Å². The van der Waals surface area contributed by atoms with Crippen molar-refractivity contribution in [2.75, 3.05) is 24.3 Å². The van der Waals surface area contributed by atoms with Crippen molar-refractivity contribution in [2.45, 2.75) is 37.8 Å². The molecule has 24 heavy (non-hydrogen) atoms. The lowest BCUT2D eigenvalue weighted by Crippen LogP contribution is -2.40. The van der Waals surface area contributed by atoms with E-state index in [4.69, 9.17) is 0 Å². The molecule has 3 rings (SSSR count). The molecule has 0 aliphatic heterocycles. The van der Waals surface area contributed by atoms with E-state index in [1.807, 2.05) is 42.6 Å². The average Bonchev–Trinajstić information content (AvgIpc) is 3.11. The lowest BCUT2D eigenvalue weighted by atomic mass is 9.91. The normalized spacial score (nSPS) is 20.4. The first-order valence-electron chi connectivity index (χ1n) is 8.23. The minimum absolute atomic E-state index is 0.0448. The standard InChI is InChI=1S/C17H23N5OS/c1-22(2)15-9-10-18-17(21-15)20-13-7-5-12(6-8-13)19-16(23)14-4-3-11-24-14/h3-4,9-13H,5-8H2,1-2H3,(H,19,23)(H,18,20,21). The van der Waals surface area contributed by atoms with E-state index in [9.17, 15) is 4.79 Å². The molecule has 0 saturated heterocycles. The third-order valence-electron chi connectivity index (χ3n) is 4.24. The Bertz CT molecular complexity index is 665. The topological polar surface area (TPSA) is 70.2 Å². The van der Waals surface area contributed by atoms with Crippen LogP contribution in [0.2, 0.25) is 0 Å². The number of aromatic nitrogens is 2. The number of carbonyl (C=O) groups excluding carboxylic acids is 1. The molecular formula is C17H23N5OS. The molecule has 7 heteroatoms. The Kier molecular flexibility index (Phi) is 5.30. The summed E-state index contributed by atoms with van der Waals surface area (Å²) in [6.07, 6.45) is 5.73. The Morgan fingerprint density at radius 2 is 1.96 bits per heavy atom. The van der Waals surface area contributed by atoms with Gasteiger partial charge in [0.15, 0.2) is 0 Å². The van der Waals surface area contributed by atoms with Gasteiger partial charge in [0.1, 0.15) is 5.82 Å². The van der Waals surface area contributed by atoms with Gasteiger partial charge in [0.05, 0.1) is 4.88 Å². The Morgan fingerprint density at radius 3 is 2.62 bits per heavy atom. The van der Waals surface area contributed by atoms with E-state index in [1.54, 1.807) is 6.20 Å². The SMILES string of the molecule is CN(C)c1ccnc(NC2CCC(NC(=O)c3cccs3)CC2)n1. The van der Waals surface area contributed by atoms with Gasteiger partial charge in [-0.2, -0.15) is 4.98 Å². The molecule has 1 aliphatic rings. The number of rotatable bonds is 5. The monoisotopic (exact) mass is 345 g/mol. The van der Waals surface area contributed by atoms with Crippen LogP contribution in [0, 0.1) is 0 Å². The first-order valence-corrected chi connectivity index (χ1v) is 9.11. The molecule has 1 amide bonds. The molecule has 0 atom stereocenters. The highest BCUT2D eigenvalue weighted by atomic mass is 32.1. The van der Waals surface area contributed by atoms with Gasteiger partial charge in [0.2, 0.25) is 5.95 Å². The zero-order chi connectivity index (χ0) is 16.9. The van der Waals surface area contributed by atoms with Crippen LogP contribution in [0.4, 0.5) is 11.8 Å². The molecule has 0 aromatic carbocycles. The summed E-state index contributed by atoms with van der Waals surface area (Å²) < 4.78 is 0. The number of nitrogens with zero attached hydrogens (tertiary/aromatic N) is 3. The zero-order valence-electron chi connectivity index (χ0n) is 14.0. The Hall–Kier alpha value is -2.15. The number of hydrogen-bond acceptors (Lipinski definition) is 6. The molecule has 2 heterocycles. The molecule has 2 aromatic rings. The van der Waals surface area contributed by atoms with Crippen molar-refractivity contribution < 1.29 is 4.79 Å². The molecule has 1 saturated carbocycles. The number of amides is 1. The highest BCUT2D eigenvalue weighted by Gasteiger charge is 2.23. The predicted molar refractivity (Wildman–Crippen MR) is 97.8 cm³/mol. The quantitative estimate of drug-likeness (QED) is 0.872. The first-order chi connectivity index (χ1) is 11.6. The molecule has 0 spiro atoms. The summed E-state index contributed by atoms with van der Waals surface area (Å²) in [7, 11) is 3.93. The number of anilines is 2. The largest absolute Gasteiger partial charge is 0.363 e. The van der Waals surface area contributed by atoms with Crippen LogP contribution in [0.5, 0.6) is 0 Å². The maximum absolute atomic E-state index is 12.1. The van der Waals surface area contributed by atoms with E-state index in [0.29, 0.717) is 12.0 Å². The highest BCUT2D eigenvalue weighted by Crippen LogP contribution is 2.22. The van der Waals surface area contributed by atoms with Crippen LogP contribution >= 0.6 is 11.3 Å². The summed E-state index contributed by atoms with van der Waals surface area (Å²) in [6, 6.07) is 6.27. The third-order valence-corrected chi connectivity index (χ3v) is 5.11. The lowest BCUT2D eigenvalue weighted by molar-refractivity contribution is 0.0930. The summed E-state index contributed by atoms with van der Waals surface area (Å²) in [5.74, 6) is 1.61. The van der Waals surface area contributed by atoms with Crippen molar-refractivity contribution in [3.63, 3.8) is 0 Å². The van der Waals surface area contributed by atoms with Crippen LogP contribution in [0.15, 0.2) is 29.8 Å². The smallest absolute Gasteiger partial charge is 0.261 e. The van der Waals surface area contributed by atoms with Gasteiger partial charge in [-0.3, -0.25) is 4.79 Å². The maximum atomic E-state index is 12.1. The number of hydrogen-bond donors (Lipinski definition) is 2. The fourth-order valence-electron chi connectivity index (χ4n) is 2.90. The van der Waals surface area contributed by atoms with Gasteiger partial charge < -0.3 is 15.5 Å². The van der Waals surface area contributed by atoms with E-state index < -0.39 is 0 Å². The minimum atomic E-state index is 0.0448. The summed E-state index contributed by atoms with van der Waals surface area (Å²) in [4.78, 5) is 23.7. The molecule has 1 fully saturated rings. The molecule has 128 valence electrons. The van der Waals surface area contributed by atoms with Crippen molar-refractivity contribution in [3.05, 3.63) is 34.7 Å². The van der Waals surface area contributed by atoms with Crippen molar-refractivity contribution in [1.82, 2.24) is 15.3 Å². The lowest BCUT2D eigenvalue weighted by Gasteiger charge is -2.29. The van der Waals surface area contributed by atoms with E-state index in [-0.39, 0.29) is 11.9 Å². The van der Waals surface area contributed by atoms with E-state index in [2.05, 4.69) is 20.6 Å². The average molecular weight is 345 g/mol. The van der Waals surface area contributed by atoms with Gasteiger partial charge in [-0.15, -0.1) is 11.3 Å². The number of carbonyl (C=O) groups is 1. The first kappa shape index (κ1) is 16.7. The van der Waals surface area contributed by atoms with Crippen LogP contribution in [0.25, 0.3) is 0 Å².